The molecule has 0 fully saturated rings. The fourth-order valence-electron chi connectivity index (χ4n) is 3.74. The minimum absolute atomic E-state index is 0.0209. The summed E-state index contributed by atoms with van der Waals surface area (Å²) in [4.78, 5) is 13.6. The molecule has 0 spiro atoms. The van der Waals surface area contributed by atoms with Gasteiger partial charge < -0.3 is 20.9 Å². The lowest BCUT2D eigenvalue weighted by molar-refractivity contribution is 0.393. The Hall–Kier alpha value is -3.68. The smallest absolute Gasteiger partial charge is 0.219 e. The molecule has 8 heteroatoms. The molecule has 4 rings (SSSR count). The predicted octanol–water partition coefficient (Wildman–Crippen LogP) is 2.00. The maximum absolute atomic E-state index is 8.36. The number of nitrogens with one attached hydrogen (secondary N) is 1. The van der Waals surface area contributed by atoms with E-state index in [0.717, 1.165) is 24.1 Å². The highest BCUT2D eigenvalue weighted by atomic mass is 16.5. The first kappa shape index (κ1) is 18.7. The number of benzene rings is 2. The van der Waals surface area contributed by atoms with E-state index in [4.69, 9.17) is 31.3 Å². The van der Waals surface area contributed by atoms with Crippen molar-refractivity contribution < 1.29 is 9.47 Å². The molecule has 0 amide bonds. The van der Waals surface area contributed by atoms with E-state index in [2.05, 4.69) is 16.1 Å². The average Bonchev–Trinajstić information content (AvgIpc) is 3.29. The molecule has 0 saturated carbocycles. The van der Waals surface area contributed by atoms with Gasteiger partial charge in [-0.15, -0.1) is 0 Å². The van der Waals surface area contributed by atoms with Crippen LogP contribution in [0.3, 0.4) is 0 Å². The minimum Gasteiger partial charge on any atom is -0.497 e. The molecule has 2 aromatic rings. The number of ether oxygens (including phenoxy) is 2. The molecule has 29 heavy (non-hydrogen) atoms. The highest BCUT2D eigenvalue weighted by Crippen LogP contribution is 2.37. The first-order chi connectivity index (χ1) is 14.0. The van der Waals surface area contributed by atoms with Crippen LogP contribution in [0.15, 0.2) is 57.4 Å². The highest BCUT2D eigenvalue weighted by molar-refractivity contribution is 6.24. The SMILES string of the molecule is COc1cc(OC)cc(C2(C(=N)N)N=C(N)N=C2N=C2CCc3ccccc32)c1. The molecular weight excluding hydrogens is 368 g/mol. The van der Waals surface area contributed by atoms with Crippen molar-refractivity contribution in [3.63, 3.8) is 0 Å². The van der Waals surface area contributed by atoms with Gasteiger partial charge in [0.1, 0.15) is 17.3 Å². The molecule has 1 aliphatic carbocycles. The number of rotatable bonds is 4. The van der Waals surface area contributed by atoms with Crippen molar-refractivity contribution in [2.45, 2.75) is 18.4 Å². The molecule has 5 N–H and O–H groups in total. The Balaban J connectivity index is 1.88. The molecule has 1 aliphatic heterocycles. The van der Waals surface area contributed by atoms with E-state index in [1.807, 2.05) is 18.2 Å². The maximum Gasteiger partial charge on any atom is 0.219 e. The van der Waals surface area contributed by atoms with Crippen LogP contribution in [-0.2, 0) is 12.0 Å². The second-order valence-corrected chi connectivity index (χ2v) is 6.85. The first-order valence-electron chi connectivity index (χ1n) is 9.16. The van der Waals surface area contributed by atoms with E-state index in [9.17, 15) is 0 Å². The molecule has 1 unspecified atom stereocenters. The zero-order valence-corrected chi connectivity index (χ0v) is 16.3. The Morgan fingerprint density at radius 2 is 1.79 bits per heavy atom. The third-order valence-electron chi connectivity index (χ3n) is 5.19. The Labute approximate surface area is 168 Å². The highest BCUT2D eigenvalue weighted by Gasteiger charge is 2.46. The molecule has 148 valence electrons. The van der Waals surface area contributed by atoms with Gasteiger partial charge in [0.25, 0.3) is 0 Å². The van der Waals surface area contributed by atoms with Gasteiger partial charge in [0.15, 0.2) is 5.84 Å². The van der Waals surface area contributed by atoms with Gasteiger partial charge in [-0.2, -0.15) is 4.99 Å². The number of nitrogens with zero attached hydrogens (tertiary/aromatic N) is 3. The summed E-state index contributed by atoms with van der Waals surface area (Å²) < 4.78 is 10.8. The zero-order chi connectivity index (χ0) is 20.6. The van der Waals surface area contributed by atoms with Crippen LogP contribution in [0, 0.1) is 5.41 Å². The van der Waals surface area contributed by atoms with Crippen molar-refractivity contribution in [2.75, 3.05) is 14.2 Å². The lowest BCUT2D eigenvalue weighted by Crippen LogP contribution is -2.44. The third-order valence-corrected chi connectivity index (χ3v) is 5.19. The summed E-state index contributed by atoms with van der Waals surface area (Å²) in [7, 11) is 3.10. The van der Waals surface area contributed by atoms with Crippen LogP contribution < -0.4 is 20.9 Å². The Morgan fingerprint density at radius 3 is 2.45 bits per heavy atom. The molecule has 0 saturated heterocycles. The van der Waals surface area contributed by atoms with Crippen molar-refractivity contribution in [3.05, 3.63) is 59.2 Å². The number of methoxy groups -OCH3 is 2. The molecule has 8 nitrogen and oxygen atoms in total. The van der Waals surface area contributed by atoms with E-state index in [1.54, 1.807) is 32.4 Å². The summed E-state index contributed by atoms with van der Waals surface area (Å²) in [5, 5.41) is 8.36. The molecule has 2 aliphatic rings. The molecule has 0 radical (unpaired) electrons. The van der Waals surface area contributed by atoms with Gasteiger partial charge in [-0.25, -0.2) is 9.98 Å². The Kier molecular flexibility index (Phi) is 4.54. The Bertz CT molecular complexity index is 1070. The van der Waals surface area contributed by atoms with Crippen molar-refractivity contribution >= 4 is 23.3 Å². The van der Waals surface area contributed by atoms with Gasteiger partial charge >= 0.3 is 0 Å². The second-order valence-electron chi connectivity index (χ2n) is 6.85. The van der Waals surface area contributed by atoms with Crippen LogP contribution in [0.25, 0.3) is 0 Å². The van der Waals surface area contributed by atoms with E-state index in [-0.39, 0.29) is 17.6 Å². The Morgan fingerprint density at radius 1 is 1.10 bits per heavy atom. The number of hydrogen-bond donors (Lipinski definition) is 3. The van der Waals surface area contributed by atoms with E-state index in [1.165, 1.54) is 5.56 Å². The van der Waals surface area contributed by atoms with Crippen molar-refractivity contribution in [3.8, 4) is 11.5 Å². The first-order valence-corrected chi connectivity index (χ1v) is 9.16. The lowest BCUT2D eigenvalue weighted by atomic mass is 9.87. The second kappa shape index (κ2) is 7.05. The number of guanidine groups is 1. The van der Waals surface area contributed by atoms with Gasteiger partial charge in [0.05, 0.1) is 19.9 Å². The average molecular weight is 390 g/mol. The number of amidine groups is 2. The largest absolute Gasteiger partial charge is 0.497 e. The van der Waals surface area contributed by atoms with Crippen molar-refractivity contribution in [1.82, 2.24) is 0 Å². The van der Waals surface area contributed by atoms with Crippen LogP contribution in [0.4, 0.5) is 0 Å². The molecule has 0 bridgehead atoms. The van der Waals surface area contributed by atoms with Gasteiger partial charge in [0.2, 0.25) is 11.5 Å². The molecule has 1 atom stereocenters. The summed E-state index contributed by atoms with van der Waals surface area (Å²) in [6.45, 7) is 0. The summed E-state index contributed by atoms with van der Waals surface area (Å²) in [5.41, 5.74) is 14.3. The monoisotopic (exact) mass is 390 g/mol. The summed E-state index contributed by atoms with van der Waals surface area (Å²) in [6.07, 6.45) is 1.67. The topological polar surface area (TPSA) is 131 Å². The molecule has 1 heterocycles. The maximum atomic E-state index is 8.36. The van der Waals surface area contributed by atoms with E-state index in [0.29, 0.717) is 17.1 Å². The zero-order valence-electron chi connectivity index (χ0n) is 16.3. The number of fused-ring (bicyclic) bond motifs is 1. The van der Waals surface area contributed by atoms with Crippen LogP contribution in [-0.4, -0.2) is 37.6 Å². The van der Waals surface area contributed by atoms with Gasteiger partial charge in [-0.05, 0) is 36.1 Å². The number of aliphatic imine (C=N–C) groups is 3. The normalized spacial score (nSPS) is 21.5. The number of aryl methyl sites for hydroxylation is 1. The van der Waals surface area contributed by atoms with Crippen molar-refractivity contribution in [2.24, 2.45) is 26.4 Å². The third kappa shape index (κ3) is 3.02. The minimum atomic E-state index is -1.43. The van der Waals surface area contributed by atoms with E-state index >= 15 is 0 Å². The lowest BCUT2D eigenvalue weighted by Gasteiger charge is -2.26. The molecular formula is C21H22N6O2. The van der Waals surface area contributed by atoms with Crippen LogP contribution >= 0.6 is 0 Å². The van der Waals surface area contributed by atoms with Gasteiger partial charge in [0, 0.05) is 11.6 Å². The fraction of sp³-hybridized carbons (Fsp3) is 0.238. The summed E-state index contributed by atoms with van der Waals surface area (Å²) >= 11 is 0. The van der Waals surface area contributed by atoms with Crippen molar-refractivity contribution in [1.29, 1.82) is 5.41 Å². The molecule has 0 aromatic heterocycles. The number of hydrogen-bond acceptors (Lipinski definition) is 7. The van der Waals surface area contributed by atoms with Gasteiger partial charge in [-0.3, -0.25) is 5.41 Å². The van der Waals surface area contributed by atoms with Gasteiger partial charge in [-0.1, -0.05) is 24.3 Å². The quantitative estimate of drug-likeness (QED) is 0.544. The van der Waals surface area contributed by atoms with E-state index < -0.39 is 5.54 Å². The molecule has 2 aromatic carbocycles. The predicted molar refractivity (Wildman–Crippen MR) is 113 cm³/mol. The summed E-state index contributed by atoms with van der Waals surface area (Å²) in [6, 6.07) is 13.3. The van der Waals surface area contributed by atoms with Crippen LogP contribution in [0.2, 0.25) is 0 Å². The standard InChI is InChI=1S/C21H22N6O2/c1-28-14-9-13(10-15(11-14)29-2)21(18(22)23)19(26-20(24)27-21)25-17-8-7-12-5-3-4-6-16(12)17/h3-6,9-11H,7-8H2,1-2H3,(H3,22,23)(H2,24,27). The van der Waals surface area contributed by atoms with Crippen LogP contribution in [0.1, 0.15) is 23.1 Å². The fourth-order valence-corrected chi connectivity index (χ4v) is 3.74. The summed E-state index contributed by atoms with van der Waals surface area (Å²) in [5.74, 6) is 1.14. The van der Waals surface area contributed by atoms with Crippen LogP contribution in [0.5, 0.6) is 11.5 Å². The number of nitrogens with two attached hydrogens (primary N) is 2.